The minimum absolute atomic E-state index is 0. The molecule has 0 aromatic heterocycles. The van der Waals surface area contributed by atoms with E-state index in [1.54, 1.807) is 0 Å². The summed E-state index contributed by atoms with van der Waals surface area (Å²) in [5.41, 5.74) is 0. The summed E-state index contributed by atoms with van der Waals surface area (Å²) in [4.78, 5) is 0. The van der Waals surface area contributed by atoms with Gasteiger partial charge >= 0.3 is 51.4 Å². The SMILES string of the molecule is CCCCCCCCCCCCCCCCCCCCCC(CCCCCCCCCCC)COS(=O)(=O)[O-].[K+]. The van der Waals surface area contributed by atoms with Crippen LogP contribution < -0.4 is 51.4 Å². The Hall–Kier alpha value is 1.51. The fourth-order valence-electron chi connectivity index (χ4n) is 5.75. The van der Waals surface area contributed by atoms with Gasteiger partial charge < -0.3 is 4.55 Å². The van der Waals surface area contributed by atoms with Gasteiger partial charge in [0.2, 0.25) is 10.4 Å². The monoisotopic (exact) mass is 612 g/mol. The third-order valence-corrected chi connectivity index (χ3v) is 8.80. The van der Waals surface area contributed by atoms with E-state index in [2.05, 4.69) is 18.0 Å². The molecule has 0 aliphatic carbocycles. The number of hydrogen-bond donors (Lipinski definition) is 0. The maximum Gasteiger partial charge on any atom is 1.00 e. The average Bonchev–Trinajstić information content (AvgIpc) is 2.91. The summed E-state index contributed by atoms with van der Waals surface area (Å²) in [5.74, 6) is 0.198. The van der Waals surface area contributed by atoms with E-state index in [0.717, 1.165) is 25.7 Å². The molecule has 0 radical (unpaired) electrons. The summed E-state index contributed by atoms with van der Waals surface area (Å²) in [7, 11) is -4.58. The van der Waals surface area contributed by atoms with Gasteiger partial charge in [0.05, 0.1) is 6.61 Å². The first-order valence-corrected chi connectivity index (χ1v) is 18.9. The molecule has 0 aromatic carbocycles. The first kappa shape index (κ1) is 43.6. The Morgan fingerprint density at radius 2 is 0.675 bits per heavy atom. The average molecular weight is 613 g/mol. The minimum atomic E-state index is -4.58. The van der Waals surface area contributed by atoms with E-state index in [-0.39, 0.29) is 63.9 Å². The van der Waals surface area contributed by atoms with Crippen molar-refractivity contribution >= 4 is 10.4 Å². The molecule has 40 heavy (non-hydrogen) atoms. The first-order chi connectivity index (χ1) is 19.0. The molecule has 0 spiro atoms. The molecule has 0 bridgehead atoms. The Morgan fingerprint density at radius 3 is 0.900 bits per heavy atom. The van der Waals surface area contributed by atoms with Gasteiger partial charge in [0.15, 0.2) is 0 Å². The molecule has 0 heterocycles. The van der Waals surface area contributed by atoms with E-state index < -0.39 is 10.4 Å². The van der Waals surface area contributed by atoms with E-state index in [0.29, 0.717) is 0 Å². The summed E-state index contributed by atoms with van der Waals surface area (Å²) in [6.45, 7) is 4.61. The van der Waals surface area contributed by atoms with E-state index >= 15 is 0 Å². The Morgan fingerprint density at radius 1 is 0.450 bits per heavy atom. The van der Waals surface area contributed by atoms with Crippen LogP contribution in [-0.2, 0) is 14.6 Å². The molecule has 0 saturated heterocycles. The fourth-order valence-corrected chi connectivity index (χ4v) is 6.10. The van der Waals surface area contributed by atoms with Crippen LogP contribution in [-0.4, -0.2) is 19.6 Å². The van der Waals surface area contributed by atoms with Crippen LogP contribution in [0.1, 0.15) is 206 Å². The molecule has 0 amide bonds. The van der Waals surface area contributed by atoms with Gasteiger partial charge in [-0.25, -0.2) is 8.42 Å². The first-order valence-electron chi connectivity index (χ1n) is 17.6. The number of hydrogen-bond acceptors (Lipinski definition) is 4. The molecule has 0 aliphatic heterocycles. The van der Waals surface area contributed by atoms with Crippen molar-refractivity contribution in [1.82, 2.24) is 0 Å². The van der Waals surface area contributed by atoms with Gasteiger partial charge in [-0.05, 0) is 18.8 Å². The van der Waals surface area contributed by atoms with E-state index in [4.69, 9.17) is 0 Å². The van der Waals surface area contributed by atoms with Crippen LogP contribution in [0, 0.1) is 5.92 Å². The molecule has 1 unspecified atom stereocenters. The second-order valence-electron chi connectivity index (χ2n) is 12.3. The zero-order valence-electron chi connectivity index (χ0n) is 27.5. The van der Waals surface area contributed by atoms with Crippen LogP contribution in [0.2, 0.25) is 0 Å². The topological polar surface area (TPSA) is 66.4 Å². The van der Waals surface area contributed by atoms with E-state index in [1.165, 1.54) is 167 Å². The van der Waals surface area contributed by atoms with Crippen molar-refractivity contribution in [2.24, 2.45) is 5.92 Å². The number of rotatable bonds is 33. The predicted octanol–water partition coefficient (Wildman–Crippen LogP) is 8.83. The van der Waals surface area contributed by atoms with Crippen molar-refractivity contribution in [2.45, 2.75) is 206 Å². The van der Waals surface area contributed by atoms with E-state index in [1.807, 2.05) is 0 Å². The summed E-state index contributed by atoms with van der Waals surface area (Å²) >= 11 is 0. The standard InChI is InChI=1S/C34H70O4S.K/c1-3-5-7-9-11-13-14-15-16-17-18-19-20-21-22-24-26-28-30-32-34(33-38-39(35,36)37)31-29-27-25-23-12-10-8-6-4-2;/h34H,3-33H2,1-2H3,(H,35,36,37);/q;+1/p-1. The van der Waals surface area contributed by atoms with Crippen molar-refractivity contribution in [1.29, 1.82) is 0 Å². The molecule has 4 nitrogen and oxygen atoms in total. The Labute approximate surface area is 295 Å². The second-order valence-corrected chi connectivity index (χ2v) is 13.4. The van der Waals surface area contributed by atoms with Crippen LogP contribution in [0.5, 0.6) is 0 Å². The molecule has 0 saturated carbocycles. The summed E-state index contributed by atoms with van der Waals surface area (Å²) < 4.78 is 37.4. The summed E-state index contributed by atoms with van der Waals surface area (Å²) in [5, 5.41) is 0. The summed E-state index contributed by atoms with van der Waals surface area (Å²) in [6, 6.07) is 0. The predicted molar refractivity (Wildman–Crippen MR) is 169 cm³/mol. The van der Waals surface area contributed by atoms with Gasteiger partial charge in [-0.1, -0.05) is 194 Å². The van der Waals surface area contributed by atoms with Crippen molar-refractivity contribution in [3.05, 3.63) is 0 Å². The molecular weight excluding hydrogens is 544 g/mol. The van der Waals surface area contributed by atoms with Crippen LogP contribution in [0.3, 0.4) is 0 Å². The zero-order chi connectivity index (χ0) is 28.7. The molecule has 0 aromatic rings. The molecule has 6 heteroatoms. The van der Waals surface area contributed by atoms with E-state index in [9.17, 15) is 13.0 Å². The molecular formula is C34H69KO4S. The maximum absolute atomic E-state index is 10.9. The van der Waals surface area contributed by atoms with Gasteiger partial charge in [0.25, 0.3) is 0 Å². The molecule has 1 atom stereocenters. The van der Waals surface area contributed by atoms with Crippen molar-refractivity contribution in [3.63, 3.8) is 0 Å². The van der Waals surface area contributed by atoms with Crippen LogP contribution >= 0.6 is 0 Å². The minimum Gasteiger partial charge on any atom is -0.726 e. The second kappa shape index (κ2) is 35.0. The Balaban J connectivity index is 0. The fraction of sp³-hybridized carbons (Fsp3) is 1.00. The van der Waals surface area contributed by atoms with Crippen molar-refractivity contribution in [3.8, 4) is 0 Å². The Bertz CT molecular complexity index is 570. The summed E-state index contributed by atoms with van der Waals surface area (Å²) in [6.07, 6.45) is 39.6. The largest absolute Gasteiger partial charge is 1.00 e. The zero-order valence-corrected chi connectivity index (χ0v) is 31.5. The van der Waals surface area contributed by atoms with Crippen LogP contribution in [0.4, 0.5) is 0 Å². The molecule has 0 fully saturated rings. The molecule has 0 aliphatic rings. The molecule has 0 N–H and O–H groups in total. The van der Waals surface area contributed by atoms with Gasteiger partial charge in [0.1, 0.15) is 0 Å². The smallest absolute Gasteiger partial charge is 0.726 e. The van der Waals surface area contributed by atoms with Crippen molar-refractivity contribution < 1.29 is 68.5 Å². The van der Waals surface area contributed by atoms with Gasteiger partial charge in [-0.2, -0.15) is 0 Å². The number of unbranched alkanes of at least 4 members (excludes halogenated alkanes) is 26. The Kier molecular flexibility index (Phi) is 38.2. The maximum atomic E-state index is 10.9. The van der Waals surface area contributed by atoms with Crippen molar-refractivity contribution in [2.75, 3.05) is 6.61 Å². The normalized spacial score (nSPS) is 12.5. The van der Waals surface area contributed by atoms with Crippen LogP contribution in [0.25, 0.3) is 0 Å². The van der Waals surface area contributed by atoms with Gasteiger partial charge in [0, 0.05) is 0 Å². The molecule has 236 valence electrons. The van der Waals surface area contributed by atoms with Gasteiger partial charge in [-0.15, -0.1) is 0 Å². The molecule has 0 rings (SSSR count). The quantitative estimate of drug-likeness (QED) is 0.0321. The third-order valence-electron chi connectivity index (χ3n) is 8.38. The van der Waals surface area contributed by atoms with Gasteiger partial charge in [-0.3, -0.25) is 4.18 Å². The van der Waals surface area contributed by atoms with Crippen LogP contribution in [0.15, 0.2) is 0 Å². The third kappa shape index (κ3) is 37.5.